The Kier molecular flexibility index (Phi) is 5.34. The molecule has 128 valence electrons. The first-order chi connectivity index (χ1) is 11.7. The molecule has 1 aromatic carbocycles. The second-order valence-electron chi connectivity index (χ2n) is 6.63. The van der Waals surface area contributed by atoms with E-state index in [1.165, 1.54) is 12.0 Å². The summed E-state index contributed by atoms with van der Waals surface area (Å²) in [4.78, 5) is 15.1. The minimum atomic E-state index is 0.157. The SMILES string of the molecule is CCn1ncc(C(=O)N2CCCCC2CCc2ccccc2)c1C. The minimum Gasteiger partial charge on any atom is -0.336 e. The van der Waals surface area contributed by atoms with Gasteiger partial charge in [0.1, 0.15) is 0 Å². The molecule has 1 amide bonds. The fourth-order valence-electron chi connectivity index (χ4n) is 3.68. The number of piperidine rings is 1. The van der Waals surface area contributed by atoms with Crippen molar-refractivity contribution in [2.75, 3.05) is 6.54 Å². The smallest absolute Gasteiger partial charge is 0.257 e. The highest BCUT2D eigenvalue weighted by molar-refractivity contribution is 5.95. The summed E-state index contributed by atoms with van der Waals surface area (Å²) in [7, 11) is 0. The highest BCUT2D eigenvalue weighted by Crippen LogP contribution is 2.24. The Hall–Kier alpha value is -2.10. The molecule has 1 atom stereocenters. The summed E-state index contributed by atoms with van der Waals surface area (Å²) in [5.74, 6) is 0.157. The topological polar surface area (TPSA) is 38.1 Å². The van der Waals surface area contributed by atoms with Gasteiger partial charge in [0.15, 0.2) is 0 Å². The third-order valence-electron chi connectivity index (χ3n) is 5.13. The van der Waals surface area contributed by atoms with Crippen molar-refractivity contribution in [3.05, 3.63) is 53.3 Å². The van der Waals surface area contributed by atoms with Gasteiger partial charge in [0.05, 0.1) is 11.8 Å². The van der Waals surface area contributed by atoms with E-state index in [0.29, 0.717) is 6.04 Å². The van der Waals surface area contributed by atoms with Crippen LogP contribution in [0.5, 0.6) is 0 Å². The number of benzene rings is 1. The van der Waals surface area contributed by atoms with E-state index in [9.17, 15) is 4.79 Å². The van der Waals surface area contributed by atoms with Crippen molar-refractivity contribution in [1.29, 1.82) is 0 Å². The number of carbonyl (C=O) groups excluding carboxylic acids is 1. The van der Waals surface area contributed by atoms with Gasteiger partial charge in [-0.05, 0) is 51.5 Å². The Morgan fingerprint density at radius 2 is 2.04 bits per heavy atom. The molecule has 2 aromatic rings. The largest absolute Gasteiger partial charge is 0.336 e. The molecular formula is C20H27N3O. The normalized spacial score (nSPS) is 17.9. The van der Waals surface area contributed by atoms with E-state index in [0.717, 1.165) is 50.0 Å². The van der Waals surface area contributed by atoms with Gasteiger partial charge in [-0.25, -0.2) is 0 Å². The van der Waals surface area contributed by atoms with Crippen molar-refractivity contribution in [3.8, 4) is 0 Å². The third kappa shape index (κ3) is 3.53. The molecule has 2 heterocycles. The number of hydrogen-bond donors (Lipinski definition) is 0. The van der Waals surface area contributed by atoms with Gasteiger partial charge in [0.2, 0.25) is 0 Å². The molecule has 1 fully saturated rings. The van der Waals surface area contributed by atoms with Crippen LogP contribution in [0.15, 0.2) is 36.5 Å². The number of hydrogen-bond acceptors (Lipinski definition) is 2. The fourth-order valence-corrected chi connectivity index (χ4v) is 3.68. The van der Waals surface area contributed by atoms with Gasteiger partial charge in [-0.15, -0.1) is 0 Å². The molecule has 4 heteroatoms. The third-order valence-corrected chi connectivity index (χ3v) is 5.13. The molecule has 0 N–H and O–H groups in total. The summed E-state index contributed by atoms with van der Waals surface area (Å²) in [6.45, 7) is 5.72. The van der Waals surface area contributed by atoms with E-state index in [2.05, 4.69) is 41.2 Å². The summed E-state index contributed by atoms with van der Waals surface area (Å²) in [5.41, 5.74) is 3.10. The average molecular weight is 325 g/mol. The fraction of sp³-hybridized carbons (Fsp3) is 0.500. The maximum absolute atomic E-state index is 13.0. The van der Waals surface area contributed by atoms with Crippen LogP contribution in [0.1, 0.15) is 54.2 Å². The summed E-state index contributed by atoms with van der Waals surface area (Å²) in [5, 5.41) is 4.34. The van der Waals surface area contributed by atoms with Crippen LogP contribution in [0.4, 0.5) is 0 Å². The number of carbonyl (C=O) groups is 1. The molecule has 1 unspecified atom stereocenters. The molecule has 1 saturated heterocycles. The van der Waals surface area contributed by atoms with E-state index in [-0.39, 0.29) is 5.91 Å². The van der Waals surface area contributed by atoms with Gasteiger partial charge in [0, 0.05) is 24.8 Å². The molecular weight excluding hydrogens is 298 g/mol. The molecule has 24 heavy (non-hydrogen) atoms. The summed E-state index contributed by atoms with van der Waals surface area (Å²) in [6, 6.07) is 10.9. The van der Waals surface area contributed by atoms with Crippen molar-refractivity contribution in [2.45, 2.75) is 58.5 Å². The van der Waals surface area contributed by atoms with Crippen LogP contribution in [-0.4, -0.2) is 33.2 Å². The van der Waals surface area contributed by atoms with E-state index in [1.54, 1.807) is 6.20 Å². The first-order valence-corrected chi connectivity index (χ1v) is 9.08. The van der Waals surface area contributed by atoms with Gasteiger partial charge < -0.3 is 4.90 Å². The van der Waals surface area contributed by atoms with Gasteiger partial charge >= 0.3 is 0 Å². The summed E-state index contributed by atoms with van der Waals surface area (Å²) < 4.78 is 1.90. The van der Waals surface area contributed by atoms with Crippen molar-refractivity contribution in [2.24, 2.45) is 0 Å². The monoisotopic (exact) mass is 325 g/mol. The zero-order chi connectivity index (χ0) is 16.9. The second kappa shape index (κ2) is 7.65. The van der Waals surface area contributed by atoms with Crippen molar-refractivity contribution in [3.63, 3.8) is 0 Å². The molecule has 0 radical (unpaired) electrons. The predicted octanol–water partition coefficient (Wildman–Crippen LogP) is 3.84. The van der Waals surface area contributed by atoms with E-state index < -0.39 is 0 Å². The summed E-state index contributed by atoms with van der Waals surface area (Å²) in [6.07, 6.45) is 7.24. The maximum atomic E-state index is 13.0. The average Bonchev–Trinajstić information content (AvgIpc) is 3.01. The Labute approximate surface area is 144 Å². The molecule has 1 aliphatic heterocycles. The van der Waals surface area contributed by atoms with Gasteiger partial charge in [-0.3, -0.25) is 9.48 Å². The van der Waals surface area contributed by atoms with Crippen LogP contribution in [0.2, 0.25) is 0 Å². The standard InChI is InChI=1S/C20H27N3O/c1-3-23-16(2)19(15-21-23)20(24)22-14-8-7-11-18(22)13-12-17-9-5-4-6-10-17/h4-6,9-10,15,18H,3,7-8,11-14H2,1-2H3. The Morgan fingerprint density at radius 3 is 2.75 bits per heavy atom. The molecule has 0 saturated carbocycles. The Morgan fingerprint density at radius 1 is 1.25 bits per heavy atom. The number of aromatic nitrogens is 2. The zero-order valence-corrected chi connectivity index (χ0v) is 14.7. The van der Waals surface area contributed by atoms with Crippen LogP contribution in [0.3, 0.4) is 0 Å². The van der Waals surface area contributed by atoms with Gasteiger partial charge in [-0.2, -0.15) is 5.10 Å². The van der Waals surface area contributed by atoms with Gasteiger partial charge in [0.25, 0.3) is 5.91 Å². The van der Waals surface area contributed by atoms with E-state index >= 15 is 0 Å². The van der Waals surface area contributed by atoms with Crippen LogP contribution in [0, 0.1) is 6.92 Å². The lowest BCUT2D eigenvalue weighted by atomic mass is 9.95. The molecule has 0 aliphatic carbocycles. The molecule has 1 aromatic heterocycles. The Bertz CT molecular complexity index is 677. The first-order valence-electron chi connectivity index (χ1n) is 9.08. The highest BCUT2D eigenvalue weighted by Gasteiger charge is 2.29. The van der Waals surface area contributed by atoms with E-state index in [1.807, 2.05) is 17.7 Å². The minimum absolute atomic E-state index is 0.157. The molecule has 4 nitrogen and oxygen atoms in total. The zero-order valence-electron chi connectivity index (χ0n) is 14.7. The number of likely N-dealkylation sites (tertiary alicyclic amines) is 1. The lowest BCUT2D eigenvalue weighted by Crippen LogP contribution is -2.44. The van der Waals surface area contributed by atoms with Crippen LogP contribution < -0.4 is 0 Å². The maximum Gasteiger partial charge on any atom is 0.257 e. The molecule has 1 aliphatic rings. The second-order valence-corrected chi connectivity index (χ2v) is 6.63. The van der Waals surface area contributed by atoms with Crippen molar-refractivity contribution < 1.29 is 4.79 Å². The first kappa shape index (κ1) is 16.7. The van der Waals surface area contributed by atoms with E-state index in [4.69, 9.17) is 0 Å². The van der Waals surface area contributed by atoms with Crippen molar-refractivity contribution >= 4 is 5.91 Å². The summed E-state index contributed by atoms with van der Waals surface area (Å²) >= 11 is 0. The van der Waals surface area contributed by atoms with Crippen molar-refractivity contribution in [1.82, 2.24) is 14.7 Å². The van der Waals surface area contributed by atoms with Crippen LogP contribution in [-0.2, 0) is 13.0 Å². The number of nitrogens with zero attached hydrogens (tertiary/aromatic N) is 3. The molecule has 0 bridgehead atoms. The predicted molar refractivity (Wildman–Crippen MR) is 96.1 cm³/mol. The van der Waals surface area contributed by atoms with Gasteiger partial charge in [-0.1, -0.05) is 30.3 Å². The lowest BCUT2D eigenvalue weighted by Gasteiger charge is -2.36. The molecule has 3 rings (SSSR count). The number of aryl methyl sites for hydroxylation is 2. The quantitative estimate of drug-likeness (QED) is 0.838. The highest BCUT2D eigenvalue weighted by atomic mass is 16.2. The number of amides is 1. The van der Waals surface area contributed by atoms with Crippen LogP contribution in [0.25, 0.3) is 0 Å². The lowest BCUT2D eigenvalue weighted by molar-refractivity contribution is 0.0601. The Balaban J connectivity index is 1.71. The number of rotatable bonds is 5. The molecule has 0 spiro atoms. The van der Waals surface area contributed by atoms with Crippen LogP contribution >= 0.6 is 0 Å².